The van der Waals surface area contributed by atoms with E-state index in [4.69, 9.17) is 12.2 Å². The number of benzene rings is 1. The molecule has 2 aromatic rings. The van der Waals surface area contributed by atoms with Crippen LogP contribution < -0.4 is 10.6 Å². The standard InChI is InChI=1S/C11H10N6OS/c1-11(9(18)13-10(19)14-11)7-3-2-4-8(5-7)17-6-12-15-16-17/h2-6H,1H3,(H2,13,14,18,19). The SMILES string of the molecule is CC1(c2cccc(-n3cnnn3)c2)NC(=S)NC1=O. The highest BCUT2D eigenvalue weighted by atomic mass is 32.1. The van der Waals surface area contributed by atoms with Crippen molar-refractivity contribution < 1.29 is 4.79 Å². The number of hydrogen-bond acceptors (Lipinski definition) is 5. The number of rotatable bonds is 2. The van der Waals surface area contributed by atoms with Gasteiger partial charge in [-0.3, -0.25) is 4.79 Å². The van der Waals surface area contributed by atoms with E-state index in [1.54, 1.807) is 6.92 Å². The first-order chi connectivity index (χ1) is 9.09. The summed E-state index contributed by atoms with van der Waals surface area (Å²) in [6.07, 6.45) is 1.49. The topological polar surface area (TPSA) is 84.7 Å². The number of nitrogens with one attached hydrogen (secondary N) is 2. The third-order valence-electron chi connectivity index (χ3n) is 3.08. The van der Waals surface area contributed by atoms with Gasteiger partial charge in [0.1, 0.15) is 11.9 Å². The smallest absolute Gasteiger partial charge is 0.256 e. The lowest BCUT2D eigenvalue weighted by Gasteiger charge is -2.22. The molecule has 1 aliphatic heterocycles. The van der Waals surface area contributed by atoms with E-state index in [1.807, 2.05) is 24.3 Å². The van der Waals surface area contributed by atoms with Crippen LogP contribution in [-0.2, 0) is 10.3 Å². The van der Waals surface area contributed by atoms with Gasteiger partial charge in [-0.05, 0) is 47.3 Å². The Morgan fingerprint density at radius 3 is 2.89 bits per heavy atom. The highest BCUT2D eigenvalue weighted by molar-refractivity contribution is 7.80. The maximum absolute atomic E-state index is 12.0. The fourth-order valence-corrected chi connectivity index (χ4v) is 2.28. The van der Waals surface area contributed by atoms with Crippen LogP contribution in [0.15, 0.2) is 30.6 Å². The fourth-order valence-electron chi connectivity index (χ4n) is 1.99. The van der Waals surface area contributed by atoms with Gasteiger partial charge in [0.15, 0.2) is 5.11 Å². The van der Waals surface area contributed by atoms with Gasteiger partial charge >= 0.3 is 0 Å². The van der Waals surface area contributed by atoms with Crippen molar-refractivity contribution in [3.63, 3.8) is 0 Å². The highest BCUT2D eigenvalue weighted by Gasteiger charge is 2.41. The number of carbonyl (C=O) groups is 1. The summed E-state index contributed by atoms with van der Waals surface area (Å²) in [7, 11) is 0. The van der Waals surface area contributed by atoms with Crippen LogP contribution in [0.5, 0.6) is 0 Å². The quantitative estimate of drug-likeness (QED) is 0.743. The van der Waals surface area contributed by atoms with Gasteiger partial charge in [0.05, 0.1) is 5.69 Å². The molecule has 1 amide bonds. The minimum absolute atomic E-state index is 0.175. The van der Waals surface area contributed by atoms with E-state index in [-0.39, 0.29) is 5.91 Å². The predicted octanol–water partition coefficient (Wildman–Crippen LogP) is -0.118. The van der Waals surface area contributed by atoms with Crippen LogP contribution in [0, 0.1) is 0 Å². The van der Waals surface area contributed by atoms with Gasteiger partial charge in [0.25, 0.3) is 5.91 Å². The minimum Gasteiger partial charge on any atom is -0.345 e. The summed E-state index contributed by atoms with van der Waals surface area (Å²) in [4.78, 5) is 12.0. The van der Waals surface area contributed by atoms with Crippen LogP contribution in [0.1, 0.15) is 12.5 Å². The minimum atomic E-state index is -0.874. The molecule has 1 aromatic carbocycles. The Balaban J connectivity index is 2.05. The molecule has 8 heteroatoms. The molecule has 0 bridgehead atoms. The summed E-state index contributed by atoms with van der Waals surface area (Å²) in [5.41, 5.74) is 0.690. The van der Waals surface area contributed by atoms with E-state index >= 15 is 0 Å². The largest absolute Gasteiger partial charge is 0.345 e. The molecule has 0 aliphatic carbocycles. The van der Waals surface area contributed by atoms with Crippen LogP contribution in [0.3, 0.4) is 0 Å². The van der Waals surface area contributed by atoms with Gasteiger partial charge < -0.3 is 10.6 Å². The van der Waals surface area contributed by atoms with Gasteiger partial charge in [0, 0.05) is 0 Å². The molecule has 1 fully saturated rings. The predicted molar refractivity (Wildman–Crippen MR) is 70.4 cm³/mol. The molecule has 1 atom stereocenters. The van der Waals surface area contributed by atoms with Gasteiger partial charge in [-0.25, -0.2) is 4.68 Å². The van der Waals surface area contributed by atoms with E-state index in [0.29, 0.717) is 5.11 Å². The Morgan fingerprint density at radius 2 is 2.26 bits per heavy atom. The van der Waals surface area contributed by atoms with Gasteiger partial charge in [-0.15, -0.1) is 5.10 Å². The number of tetrazole rings is 1. The van der Waals surface area contributed by atoms with Crippen molar-refractivity contribution in [1.82, 2.24) is 30.8 Å². The molecule has 7 nitrogen and oxygen atoms in total. The molecular weight excluding hydrogens is 264 g/mol. The molecule has 1 aromatic heterocycles. The van der Waals surface area contributed by atoms with Gasteiger partial charge in [-0.1, -0.05) is 12.1 Å². The number of nitrogens with zero attached hydrogens (tertiary/aromatic N) is 4. The second-order valence-corrected chi connectivity index (χ2v) is 4.75. The molecule has 2 N–H and O–H groups in total. The van der Waals surface area contributed by atoms with Crippen molar-refractivity contribution in [1.29, 1.82) is 0 Å². The molecule has 1 saturated heterocycles. The maximum Gasteiger partial charge on any atom is 0.256 e. The second-order valence-electron chi connectivity index (χ2n) is 4.34. The van der Waals surface area contributed by atoms with Crippen LogP contribution in [-0.4, -0.2) is 31.2 Å². The van der Waals surface area contributed by atoms with E-state index in [0.717, 1.165) is 11.3 Å². The first-order valence-corrected chi connectivity index (χ1v) is 5.98. The monoisotopic (exact) mass is 274 g/mol. The molecule has 2 heterocycles. The highest BCUT2D eigenvalue weighted by Crippen LogP contribution is 2.25. The Kier molecular flexibility index (Phi) is 2.53. The van der Waals surface area contributed by atoms with Gasteiger partial charge in [-0.2, -0.15) is 0 Å². The molecular formula is C11H10N6OS. The third kappa shape index (κ3) is 1.85. The summed E-state index contributed by atoms with van der Waals surface area (Å²) in [5, 5.41) is 16.9. The van der Waals surface area contributed by atoms with Crippen molar-refractivity contribution in [3.8, 4) is 5.69 Å². The molecule has 1 aliphatic rings. The lowest BCUT2D eigenvalue weighted by molar-refractivity contribution is -0.123. The zero-order chi connectivity index (χ0) is 13.5. The van der Waals surface area contributed by atoms with E-state index in [2.05, 4.69) is 26.2 Å². The van der Waals surface area contributed by atoms with Crippen LogP contribution in [0.4, 0.5) is 0 Å². The molecule has 96 valence electrons. The average molecular weight is 274 g/mol. The first kappa shape index (κ1) is 11.7. The summed E-state index contributed by atoms with van der Waals surface area (Å²) in [5.74, 6) is -0.175. The van der Waals surface area contributed by atoms with Crippen molar-refractivity contribution in [3.05, 3.63) is 36.2 Å². The van der Waals surface area contributed by atoms with Crippen molar-refractivity contribution >= 4 is 23.2 Å². The zero-order valence-corrected chi connectivity index (χ0v) is 10.8. The van der Waals surface area contributed by atoms with E-state index < -0.39 is 5.54 Å². The summed E-state index contributed by atoms with van der Waals surface area (Å²) >= 11 is 4.98. The zero-order valence-electron chi connectivity index (χ0n) is 9.99. The Hall–Kier alpha value is -2.35. The molecule has 0 radical (unpaired) electrons. The average Bonchev–Trinajstić information content (AvgIpc) is 2.99. The Bertz CT molecular complexity index is 655. The molecule has 1 unspecified atom stereocenters. The van der Waals surface area contributed by atoms with Crippen LogP contribution in [0.2, 0.25) is 0 Å². The van der Waals surface area contributed by atoms with Crippen molar-refractivity contribution in [2.24, 2.45) is 0 Å². The lowest BCUT2D eigenvalue weighted by Crippen LogP contribution is -2.40. The van der Waals surface area contributed by atoms with Crippen molar-refractivity contribution in [2.75, 3.05) is 0 Å². The number of aromatic nitrogens is 4. The van der Waals surface area contributed by atoms with Crippen molar-refractivity contribution in [2.45, 2.75) is 12.5 Å². The molecule has 0 saturated carbocycles. The first-order valence-electron chi connectivity index (χ1n) is 5.57. The molecule has 0 spiro atoms. The number of thiocarbonyl (C=S) groups is 1. The molecule has 3 rings (SSSR count). The third-order valence-corrected chi connectivity index (χ3v) is 3.29. The van der Waals surface area contributed by atoms with E-state index in [9.17, 15) is 4.79 Å². The summed E-state index contributed by atoms with van der Waals surface area (Å²) in [6.45, 7) is 1.78. The summed E-state index contributed by atoms with van der Waals surface area (Å²) < 4.78 is 1.53. The van der Waals surface area contributed by atoms with Crippen LogP contribution >= 0.6 is 12.2 Å². The van der Waals surface area contributed by atoms with E-state index in [1.165, 1.54) is 11.0 Å². The lowest BCUT2D eigenvalue weighted by atomic mass is 9.92. The fraction of sp³-hybridized carbons (Fsp3) is 0.182. The Labute approximate surface area is 114 Å². The number of carbonyl (C=O) groups excluding carboxylic acids is 1. The number of amides is 1. The molecule has 19 heavy (non-hydrogen) atoms. The van der Waals surface area contributed by atoms with Gasteiger partial charge in [0.2, 0.25) is 0 Å². The maximum atomic E-state index is 12.0. The summed E-state index contributed by atoms with van der Waals surface area (Å²) in [6, 6.07) is 7.40. The van der Waals surface area contributed by atoms with Crippen LogP contribution in [0.25, 0.3) is 5.69 Å². The number of hydrogen-bond donors (Lipinski definition) is 2. The Morgan fingerprint density at radius 1 is 1.42 bits per heavy atom. The normalized spacial score (nSPS) is 22.2. The second kappa shape index (κ2) is 4.09.